The third kappa shape index (κ3) is 4.97. The smallest absolute Gasteiger partial charge is 0.309 e. The monoisotopic (exact) mass is 289 g/mol. The summed E-state index contributed by atoms with van der Waals surface area (Å²) >= 11 is 0. The molecule has 0 radical (unpaired) electrons. The van der Waals surface area contributed by atoms with Gasteiger partial charge in [0.2, 0.25) is 0 Å². The first kappa shape index (κ1) is 17.4. The van der Waals surface area contributed by atoms with Crippen molar-refractivity contribution in [3.8, 4) is 0 Å². The lowest BCUT2D eigenvalue weighted by molar-refractivity contribution is 0.386. The van der Waals surface area contributed by atoms with Crippen molar-refractivity contribution in [1.82, 2.24) is 14.5 Å². The zero-order chi connectivity index (χ0) is 15.8. The molecule has 0 aliphatic carbocycles. The zero-order valence-electron chi connectivity index (χ0n) is 13.9. The Morgan fingerprint density at radius 1 is 1.19 bits per heavy atom. The highest BCUT2D eigenvalue weighted by Crippen LogP contribution is 2.14. The molecule has 0 N–H and O–H groups in total. The third-order valence-corrected chi connectivity index (χ3v) is 3.07. The molecule has 0 aliphatic heterocycles. The Labute approximate surface area is 127 Å². The molecule has 1 aromatic carbocycles. The van der Waals surface area contributed by atoms with Crippen molar-refractivity contribution in [3.63, 3.8) is 0 Å². The Morgan fingerprint density at radius 2 is 1.81 bits per heavy atom. The Balaban J connectivity index is 0.000000677. The van der Waals surface area contributed by atoms with Crippen LogP contribution in [0.3, 0.4) is 0 Å². The standard InChI is InChI=1S/C14H19N3O.C3H8/c1-11-12-7-4-5-8-13(12)17(14(18)15-11)10-6-9-16(2)3;1-3-2/h4-5,7-8H,6,9-10H2,1-3H3;3H2,1-2H3. The molecule has 0 saturated heterocycles. The lowest BCUT2D eigenvalue weighted by Gasteiger charge is -2.13. The summed E-state index contributed by atoms with van der Waals surface area (Å²) in [7, 11) is 4.07. The Morgan fingerprint density at radius 3 is 2.43 bits per heavy atom. The molecule has 2 rings (SSSR count). The number of hydrogen-bond donors (Lipinski definition) is 0. The number of aryl methyl sites for hydroxylation is 2. The molecular weight excluding hydrogens is 262 g/mol. The average Bonchev–Trinajstić information content (AvgIpc) is 2.43. The summed E-state index contributed by atoms with van der Waals surface area (Å²) in [6.07, 6.45) is 2.20. The lowest BCUT2D eigenvalue weighted by Crippen LogP contribution is -2.26. The molecule has 4 heteroatoms. The van der Waals surface area contributed by atoms with Gasteiger partial charge in [0, 0.05) is 11.9 Å². The molecule has 116 valence electrons. The molecule has 0 atom stereocenters. The molecule has 1 aromatic heterocycles. The maximum absolute atomic E-state index is 12.0. The second-order valence-corrected chi connectivity index (χ2v) is 5.51. The molecule has 4 nitrogen and oxygen atoms in total. The fourth-order valence-electron chi connectivity index (χ4n) is 2.14. The van der Waals surface area contributed by atoms with E-state index in [1.807, 2.05) is 45.3 Å². The van der Waals surface area contributed by atoms with E-state index in [2.05, 4.69) is 23.7 Å². The van der Waals surface area contributed by atoms with E-state index in [0.717, 1.165) is 29.6 Å². The highest BCUT2D eigenvalue weighted by molar-refractivity contribution is 5.80. The van der Waals surface area contributed by atoms with Gasteiger partial charge in [-0.05, 0) is 40.1 Å². The van der Waals surface area contributed by atoms with E-state index in [9.17, 15) is 4.79 Å². The second kappa shape index (κ2) is 8.57. The van der Waals surface area contributed by atoms with Gasteiger partial charge in [-0.1, -0.05) is 38.5 Å². The molecule has 0 bridgehead atoms. The van der Waals surface area contributed by atoms with Gasteiger partial charge in [0.1, 0.15) is 0 Å². The molecule has 1 heterocycles. The van der Waals surface area contributed by atoms with E-state index in [1.165, 1.54) is 6.42 Å². The van der Waals surface area contributed by atoms with Crippen LogP contribution in [0.15, 0.2) is 29.1 Å². The molecule has 2 aromatic rings. The Kier molecular flexibility index (Phi) is 7.09. The minimum Gasteiger partial charge on any atom is -0.309 e. The van der Waals surface area contributed by atoms with Gasteiger partial charge in [-0.3, -0.25) is 4.57 Å². The van der Waals surface area contributed by atoms with Crippen LogP contribution in [0, 0.1) is 6.92 Å². The van der Waals surface area contributed by atoms with Gasteiger partial charge in [0.15, 0.2) is 0 Å². The highest BCUT2D eigenvalue weighted by atomic mass is 16.1. The summed E-state index contributed by atoms with van der Waals surface area (Å²) < 4.78 is 1.77. The first-order chi connectivity index (χ1) is 10.0. The van der Waals surface area contributed by atoms with Crippen LogP contribution in [0.25, 0.3) is 10.9 Å². The minimum atomic E-state index is -0.148. The summed E-state index contributed by atoms with van der Waals surface area (Å²) in [6, 6.07) is 7.94. The normalized spacial score (nSPS) is 10.6. The molecule has 0 spiro atoms. The van der Waals surface area contributed by atoms with Crippen LogP contribution in [0.2, 0.25) is 0 Å². The summed E-state index contributed by atoms with van der Waals surface area (Å²) in [5, 5.41) is 1.06. The van der Waals surface area contributed by atoms with Gasteiger partial charge in [-0.15, -0.1) is 0 Å². The van der Waals surface area contributed by atoms with Crippen LogP contribution in [-0.2, 0) is 6.54 Å². The van der Waals surface area contributed by atoms with Gasteiger partial charge >= 0.3 is 5.69 Å². The maximum atomic E-state index is 12.0. The molecule has 0 fully saturated rings. The van der Waals surface area contributed by atoms with Crippen LogP contribution in [-0.4, -0.2) is 35.1 Å². The predicted molar refractivity (Wildman–Crippen MR) is 89.9 cm³/mol. The number of para-hydroxylation sites is 1. The number of benzene rings is 1. The quantitative estimate of drug-likeness (QED) is 0.868. The van der Waals surface area contributed by atoms with Crippen molar-refractivity contribution in [1.29, 1.82) is 0 Å². The maximum Gasteiger partial charge on any atom is 0.348 e. The highest BCUT2D eigenvalue weighted by Gasteiger charge is 2.06. The number of rotatable bonds is 4. The summed E-state index contributed by atoms with van der Waals surface area (Å²) in [6.45, 7) is 7.81. The number of fused-ring (bicyclic) bond motifs is 1. The van der Waals surface area contributed by atoms with E-state index in [-0.39, 0.29) is 5.69 Å². The fraction of sp³-hybridized carbons (Fsp3) is 0.529. The van der Waals surface area contributed by atoms with Crippen LogP contribution >= 0.6 is 0 Å². The van der Waals surface area contributed by atoms with Crippen molar-refractivity contribution < 1.29 is 0 Å². The minimum absolute atomic E-state index is 0.148. The van der Waals surface area contributed by atoms with Crippen LogP contribution in [0.1, 0.15) is 32.4 Å². The van der Waals surface area contributed by atoms with E-state index >= 15 is 0 Å². The predicted octanol–water partition coefficient (Wildman–Crippen LogP) is 3.07. The van der Waals surface area contributed by atoms with E-state index in [4.69, 9.17) is 0 Å². The van der Waals surface area contributed by atoms with Crippen molar-refractivity contribution >= 4 is 10.9 Å². The summed E-state index contributed by atoms with van der Waals surface area (Å²) in [4.78, 5) is 18.2. The molecule has 0 unspecified atom stereocenters. The third-order valence-electron chi connectivity index (χ3n) is 3.07. The average molecular weight is 289 g/mol. The van der Waals surface area contributed by atoms with Gasteiger partial charge < -0.3 is 4.90 Å². The largest absolute Gasteiger partial charge is 0.348 e. The number of nitrogens with zero attached hydrogens (tertiary/aromatic N) is 3. The first-order valence-electron chi connectivity index (χ1n) is 7.62. The van der Waals surface area contributed by atoms with E-state index in [0.29, 0.717) is 6.54 Å². The molecular formula is C17H27N3O. The SMILES string of the molecule is CCC.Cc1nc(=O)n(CCCN(C)C)c2ccccc12. The summed E-state index contributed by atoms with van der Waals surface area (Å²) in [5.74, 6) is 0. The van der Waals surface area contributed by atoms with E-state index < -0.39 is 0 Å². The summed E-state index contributed by atoms with van der Waals surface area (Å²) in [5.41, 5.74) is 1.64. The molecule has 21 heavy (non-hydrogen) atoms. The molecule has 0 saturated carbocycles. The van der Waals surface area contributed by atoms with Crippen LogP contribution < -0.4 is 5.69 Å². The Hall–Kier alpha value is -1.68. The Bertz CT molecular complexity index is 617. The van der Waals surface area contributed by atoms with Crippen molar-refractivity contribution in [2.45, 2.75) is 40.2 Å². The van der Waals surface area contributed by atoms with Gasteiger partial charge in [-0.2, -0.15) is 4.98 Å². The van der Waals surface area contributed by atoms with Crippen molar-refractivity contribution in [3.05, 3.63) is 40.4 Å². The second-order valence-electron chi connectivity index (χ2n) is 5.51. The van der Waals surface area contributed by atoms with Gasteiger partial charge in [-0.25, -0.2) is 4.79 Å². The zero-order valence-corrected chi connectivity index (χ0v) is 13.9. The number of hydrogen-bond acceptors (Lipinski definition) is 3. The molecule has 0 aliphatic rings. The van der Waals surface area contributed by atoms with Gasteiger partial charge in [0.05, 0.1) is 11.2 Å². The van der Waals surface area contributed by atoms with E-state index in [1.54, 1.807) is 4.57 Å². The van der Waals surface area contributed by atoms with Crippen LogP contribution in [0.4, 0.5) is 0 Å². The molecule has 0 amide bonds. The number of aromatic nitrogens is 2. The van der Waals surface area contributed by atoms with Crippen molar-refractivity contribution in [2.75, 3.05) is 20.6 Å². The van der Waals surface area contributed by atoms with Gasteiger partial charge in [0.25, 0.3) is 0 Å². The van der Waals surface area contributed by atoms with Crippen molar-refractivity contribution in [2.24, 2.45) is 0 Å². The fourth-order valence-corrected chi connectivity index (χ4v) is 2.14. The topological polar surface area (TPSA) is 38.1 Å². The first-order valence-corrected chi connectivity index (χ1v) is 7.62. The lowest BCUT2D eigenvalue weighted by atomic mass is 10.2. The van der Waals surface area contributed by atoms with Crippen LogP contribution in [0.5, 0.6) is 0 Å².